The summed E-state index contributed by atoms with van der Waals surface area (Å²) in [4.78, 5) is 19.4. The lowest BCUT2D eigenvalue weighted by Gasteiger charge is -2.07. The highest BCUT2D eigenvalue weighted by Crippen LogP contribution is 2.14. The molecule has 8 nitrogen and oxygen atoms in total. The minimum absolute atomic E-state index is 0.292. The van der Waals surface area contributed by atoms with Crippen LogP contribution in [0.2, 0.25) is 0 Å². The van der Waals surface area contributed by atoms with Crippen molar-refractivity contribution in [2.24, 2.45) is 0 Å². The van der Waals surface area contributed by atoms with Crippen LogP contribution in [0.1, 0.15) is 26.2 Å². The Morgan fingerprint density at radius 3 is 3.00 bits per heavy atom. The molecule has 0 atom stereocenters. The van der Waals surface area contributed by atoms with Crippen LogP contribution < -0.4 is 5.56 Å². The van der Waals surface area contributed by atoms with E-state index in [0.717, 1.165) is 25.8 Å². The van der Waals surface area contributed by atoms with Crippen molar-refractivity contribution in [3.8, 4) is 0 Å². The van der Waals surface area contributed by atoms with E-state index in [0.29, 0.717) is 21.7 Å². The van der Waals surface area contributed by atoms with Crippen LogP contribution in [0, 0.1) is 0 Å². The molecule has 0 radical (unpaired) electrons. The molecule has 0 bridgehead atoms. The number of halogens is 1. The molecule has 19 heavy (non-hydrogen) atoms. The molecule has 100 valence electrons. The molecule has 0 aliphatic rings. The fourth-order valence-corrected chi connectivity index (χ4v) is 2.46. The van der Waals surface area contributed by atoms with Crippen LogP contribution in [-0.2, 0) is 6.54 Å². The van der Waals surface area contributed by atoms with Crippen molar-refractivity contribution in [1.82, 2.24) is 34.6 Å². The van der Waals surface area contributed by atoms with Gasteiger partial charge in [0, 0.05) is 6.54 Å². The molecule has 0 saturated heterocycles. The molecule has 3 aromatic rings. The predicted molar refractivity (Wildman–Crippen MR) is 71.9 cm³/mol. The Hall–Kier alpha value is -1.77. The van der Waals surface area contributed by atoms with Crippen molar-refractivity contribution in [2.45, 2.75) is 32.7 Å². The van der Waals surface area contributed by atoms with Gasteiger partial charge in [-0.15, -0.1) is 4.52 Å². The van der Waals surface area contributed by atoms with E-state index in [4.69, 9.17) is 0 Å². The van der Waals surface area contributed by atoms with Crippen LogP contribution in [0.4, 0.5) is 0 Å². The normalized spacial score (nSPS) is 11.7. The molecule has 0 fully saturated rings. The third kappa shape index (κ3) is 1.93. The number of tetrazole rings is 1. The second-order valence-electron chi connectivity index (χ2n) is 4.28. The molecule has 3 aromatic heterocycles. The Morgan fingerprint density at radius 1 is 1.37 bits per heavy atom. The molecule has 0 saturated carbocycles. The minimum atomic E-state index is -0.292. The monoisotopic (exact) mass is 325 g/mol. The summed E-state index contributed by atoms with van der Waals surface area (Å²) in [6, 6.07) is 0. The standard InChI is InChI=1S/C10H12BrN7O/c1-2-3-4-5-17-7-6(12-9(11)13-7)8(19)18-10(17)14-15-16-18/h2-5H2,1H3,(H,12,13). The zero-order valence-electron chi connectivity index (χ0n) is 10.3. The van der Waals surface area contributed by atoms with Crippen molar-refractivity contribution >= 4 is 32.9 Å². The molecule has 3 heterocycles. The lowest BCUT2D eigenvalue weighted by atomic mass is 10.2. The van der Waals surface area contributed by atoms with Gasteiger partial charge in [0.1, 0.15) is 0 Å². The van der Waals surface area contributed by atoms with Crippen LogP contribution >= 0.6 is 15.9 Å². The number of hydrogen-bond donors (Lipinski definition) is 1. The zero-order valence-corrected chi connectivity index (χ0v) is 11.9. The van der Waals surface area contributed by atoms with E-state index in [-0.39, 0.29) is 5.56 Å². The topological polar surface area (TPSA) is 93.8 Å². The van der Waals surface area contributed by atoms with E-state index >= 15 is 0 Å². The minimum Gasteiger partial charge on any atom is -0.327 e. The van der Waals surface area contributed by atoms with Crippen LogP contribution in [0.5, 0.6) is 0 Å². The number of unbranched alkanes of at least 4 members (excludes halogenated alkanes) is 2. The SMILES string of the molecule is CCCCCn1c2nc(Br)[nH]c2c(=O)n2nnnc12. The Bertz CT molecular complexity index is 786. The third-order valence-corrected chi connectivity index (χ3v) is 3.37. The van der Waals surface area contributed by atoms with Crippen LogP contribution in [0.15, 0.2) is 9.53 Å². The number of rotatable bonds is 4. The van der Waals surface area contributed by atoms with Gasteiger partial charge in [0.15, 0.2) is 15.9 Å². The summed E-state index contributed by atoms with van der Waals surface area (Å²) < 4.78 is 3.58. The summed E-state index contributed by atoms with van der Waals surface area (Å²) in [5, 5.41) is 11.2. The van der Waals surface area contributed by atoms with Crippen molar-refractivity contribution in [3.05, 3.63) is 15.1 Å². The largest absolute Gasteiger partial charge is 0.327 e. The summed E-state index contributed by atoms with van der Waals surface area (Å²) in [5.41, 5.74) is 0.693. The van der Waals surface area contributed by atoms with Gasteiger partial charge in [-0.25, -0.2) is 4.98 Å². The molecule has 0 aliphatic carbocycles. The fourth-order valence-electron chi connectivity index (χ4n) is 2.09. The first-order valence-electron chi connectivity index (χ1n) is 6.08. The maximum atomic E-state index is 12.2. The van der Waals surface area contributed by atoms with Crippen LogP contribution in [0.3, 0.4) is 0 Å². The van der Waals surface area contributed by atoms with Crippen molar-refractivity contribution in [3.63, 3.8) is 0 Å². The van der Waals surface area contributed by atoms with Gasteiger partial charge in [0.25, 0.3) is 5.78 Å². The van der Waals surface area contributed by atoms with Crippen LogP contribution in [-0.4, -0.2) is 34.6 Å². The number of imidazole rings is 1. The summed E-state index contributed by atoms with van der Waals surface area (Å²) in [6.45, 7) is 2.87. The third-order valence-electron chi connectivity index (χ3n) is 3.00. The van der Waals surface area contributed by atoms with Crippen molar-refractivity contribution < 1.29 is 0 Å². The van der Waals surface area contributed by atoms with E-state index < -0.39 is 0 Å². The molecule has 1 N–H and O–H groups in total. The van der Waals surface area contributed by atoms with Crippen LogP contribution in [0.25, 0.3) is 16.9 Å². The highest BCUT2D eigenvalue weighted by atomic mass is 79.9. The number of aromatic nitrogens is 7. The van der Waals surface area contributed by atoms with Gasteiger partial charge in [-0.1, -0.05) is 24.9 Å². The highest BCUT2D eigenvalue weighted by molar-refractivity contribution is 9.10. The number of fused-ring (bicyclic) bond motifs is 2. The number of nitrogens with one attached hydrogen (secondary N) is 1. The summed E-state index contributed by atoms with van der Waals surface area (Å²) in [6.07, 6.45) is 3.21. The lowest BCUT2D eigenvalue weighted by molar-refractivity contribution is 0.610. The molecular weight excluding hydrogens is 314 g/mol. The Morgan fingerprint density at radius 2 is 2.21 bits per heavy atom. The maximum Gasteiger partial charge on any atom is 0.303 e. The highest BCUT2D eigenvalue weighted by Gasteiger charge is 2.16. The number of aromatic amines is 1. The molecular formula is C10H12BrN7O. The van der Waals surface area contributed by atoms with Gasteiger partial charge in [-0.2, -0.15) is 0 Å². The average Bonchev–Trinajstić information content (AvgIpc) is 3.00. The molecule has 0 aromatic carbocycles. The summed E-state index contributed by atoms with van der Waals surface area (Å²) >= 11 is 3.25. The van der Waals surface area contributed by atoms with Gasteiger partial charge >= 0.3 is 5.56 Å². The maximum absolute atomic E-state index is 12.2. The second kappa shape index (κ2) is 4.72. The molecule has 0 spiro atoms. The molecule has 0 aliphatic heterocycles. The van der Waals surface area contributed by atoms with Gasteiger partial charge in [0.05, 0.1) is 0 Å². The first kappa shape index (κ1) is 12.3. The molecule has 0 unspecified atom stereocenters. The second-order valence-corrected chi connectivity index (χ2v) is 5.03. The fraction of sp³-hybridized carbons (Fsp3) is 0.500. The number of aryl methyl sites for hydroxylation is 1. The van der Waals surface area contributed by atoms with Gasteiger partial charge < -0.3 is 4.98 Å². The molecule has 3 rings (SSSR count). The van der Waals surface area contributed by atoms with E-state index in [2.05, 4.69) is 48.3 Å². The van der Waals surface area contributed by atoms with E-state index in [1.54, 1.807) is 0 Å². The Balaban J connectivity index is 2.27. The molecule has 9 heteroatoms. The quantitative estimate of drug-likeness (QED) is 0.573. The van der Waals surface area contributed by atoms with E-state index in [1.807, 2.05) is 4.57 Å². The first-order chi connectivity index (χ1) is 9.22. The van der Waals surface area contributed by atoms with Crippen molar-refractivity contribution in [2.75, 3.05) is 0 Å². The Kier molecular flexibility index (Phi) is 3.05. The number of H-pyrrole nitrogens is 1. The zero-order chi connectivity index (χ0) is 13.4. The van der Waals surface area contributed by atoms with Gasteiger partial charge in [-0.05, 0) is 32.8 Å². The van der Waals surface area contributed by atoms with E-state index in [1.165, 1.54) is 4.52 Å². The van der Waals surface area contributed by atoms with Crippen molar-refractivity contribution in [1.29, 1.82) is 0 Å². The molecule has 0 amide bonds. The Labute approximate surface area is 116 Å². The summed E-state index contributed by atoms with van der Waals surface area (Å²) in [5.74, 6) is 0.424. The number of nitrogens with zero attached hydrogens (tertiary/aromatic N) is 6. The average molecular weight is 326 g/mol. The number of hydrogen-bond acceptors (Lipinski definition) is 5. The van der Waals surface area contributed by atoms with Gasteiger partial charge in [0.2, 0.25) is 0 Å². The summed E-state index contributed by atoms with van der Waals surface area (Å²) in [7, 11) is 0. The first-order valence-corrected chi connectivity index (χ1v) is 6.87. The lowest BCUT2D eigenvalue weighted by Crippen LogP contribution is -2.20. The smallest absolute Gasteiger partial charge is 0.303 e. The van der Waals surface area contributed by atoms with E-state index in [9.17, 15) is 4.79 Å². The van der Waals surface area contributed by atoms with Gasteiger partial charge in [-0.3, -0.25) is 9.36 Å². The predicted octanol–water partition coefficient (Wildman–Crippen LogP) is 1.11.